The number of rotatable bonds is 9. The van der Waals surface area contributed by atoms with Gasteiger partial charge in [-0.25, -0.2) is 17.2 Å². The van der Waals surface area contributed by atoms with Crippen LogP contribution in [0, 0.1) is 11.6 Å². The molecule has 1 unspecified atom stereocenters. The highest BCUT2D eigenvalue weighted by Gasteiger charge is 2.27. The summed E-state index contributed by atoms with van der Waals surface area (Å²) in [7, 11) is -4.23. The van der Waals surface area contributed by atoms with E-state index in [1.807, 2.05) is 30.3 Å². The lowest BCUT2D eigenvalue weighted by Crippen LogP contribution is -2.43. The van der Waals surface area contributed by atoms with Gasteiger partial charge >= 0.3 is 5.97 Å². The lowest BCUT2D eigenvalue weighted by atomic mass is 10.2. The molecule has 0 spiro atoms. The van der Waals surface area contributed by atoms with Crippen molar-refractivity contribution in [1.29, 1.82) is 0 Å². The van der Waals surface area contributed by atoms with Crippen LogP contribution in [-0.2, 0) is 25.3 Å². The summed E-state index contributed by atoms with van der Waals surface area (Å²) in [4.78, 5) is 11.7. The van der Waals surface area contributed by atoms with Gasteiger partial charge in [0.1, 0.15) is 6.04 Å². The Hall–Kier alpha value is -1.97. The highest BCUT2D eigenvalue weighted by atomic mass is 32.2. The van der Waals surface area contributed by atoms with Gasteiger partial charge < -0.3 is 4.74 Å². The molecule has 9 heteroatoms. The van der Waals surface area contributed by atoms with Gasteiger partial charge in [0.15, 0.2) is 11.6 Å². The lowest BCUT2D eigenvalue weighted by molar-refractivity contribution is -0.144. The summed E-state index contributed by atoms with van der Waals surface area (Å²) in [6, 6.07) is 10.5. The molecule has 0 bridgehead atoms. The first kappa shape index (κ1) is 21.3. The van der Waals surface area contributed by atoms with Crippen molar-refractivity contribution in [3.8, 4) is 0 Å². The third-order valence-corrected chi connectivity index (χ3v) is 6.04. The van der Waals surface area contributed by atoms with Crippen LogP contribution in [0.5, 0.6) is 0 Å². The quantitative estimate of drug-likeness (QED) is 0.637. The molecule has 1 atom stereocenters. The standard InChI is InChI=1S/C18H19F2NO4S2/c1-2-25-18(22)17(12-26-11-13-6-4-3-5-7-13)21-27(23,24)14-8-9-15(19)16(20)10-14/h3-10,17,21H,2,11-12H2,1H3. The number of nitrogens with one attached hydrogen (secondary N) is 1. The minimum absolute atomic E-state index is 0.0889. The summed E-state index contributed by atoms with van der Waals surface area (Å²) in [5, 5.41) is 0. The first-order valence-electron chi connectivity index (χ1n) is 8.09. The van der Waals surface area contributed by atoms with Crippen LogP contribution in [-0.4, -0.2) is 32.8 Å². The summed E-state index contributed by atoms with van der Waals surface area (Å²) < 4.78 is 58.4. The smallest absolute Gasteiger partial charge is 0.325 e. The van der Waals surface area contributed by atoms with E-state index in [4.69, 9.17) is 4.74 Å². The second-order valence-corrected chi connectivity index (χ2v) is 8.25. The molecule has 146 valence electrons. The van der Waals surface area contributed by atoms with E-state index in [1.54, 1.807) is 6.92 Å². The van der Waals surface area contributed by atoms with E-state index in [9.17, 15) is 22.0 Å². The summed E-state index contributed by atoms with van der Waals surface area (Å²) in [5.74, 6) is -2.48. The molecule has 0 aliphatic heterocycles. The molecule has 1 N–H and O–H groups in total. The molecule has 0 saturated heterocycles. The zero-order valence-corrected chi connectivity index (χ0v) is 16.2. The molecule has 27 heavy (non-hydrogen) atoms. The SMILES string of the molecule is CCOC(=O)C(CSCc1ccccc1)NS(=O)(=O)c1ccc(F)c(F)c1. The molecule has 0 heterocycles. The van der Waals surface area contributed by atoms with Gasteiger partial charge in [-0.1, -0.05) is 30.3 Å². The largest absolute Gasteiger partial charge is 0.465 e. The van der Waals surface area contributed by atoms with E-state index in [0.29, 0.717) is 17.9 Å². The van der Waals surface area contributed by atoms with Crippen molar-refractivity contribution in [2.45, 2.75) is 23.6 Å². The molecule has 0 aliphatic carbocycles. The van der Waals surface area contributed by atoms with Gasteiger partial charge in [0.25, 0.3) is 0 Å². The van der Waals surface area contributed by atoms with Crippen LogP contribution in [0.2, 0.25) is 0 Å². The van der Waals surface area contributed by atoms with Crippen molar-refractivity contribution < 1.29 is 26.7 Å². The molecule has 0 fully saturated rings. The second kappa shape index (κ2) is 9.82. The van der Waals surface area contributed by atoms with Gasteiger partial charge in [-0.2, -0.15) is 16.5 Å². The molecular weight excluding hydrogens is 396 g/mol. The monoisotopic (exact) mass is 415 g/mol. The Kier molecular flexibility index (Phi) is 7.76. The summed E-state index contributed by atoms with van der Waals surface area (Å²) >= 11 is 1.35. The molecule has 0 aromatic heterocycles. The van der Waals surface area contributed by atoms with Crippen molar-refractivity contribution in [3.05, 3.63) is 65.7 Å². The van der Waals surface area contributed by atoms with Crippen LogP contribution in [0.15, 0.2) is 53.4 Å². The van der Waals surface area contributed by atoms with Gasteiger partial charge in [-0.05, 0) is 30.7 Å². The Bertz CT molecular complexity index is 876. The fourth-order valence-electron chi connectivity index (χ4n) is 2.16. The molecule has 0 amide bonds. The zero-order valence-electron chi connectivity index (χ0n) is 14.5. The van der Waals surface area contributed by atoms with Crippen molar-refractivity contribution >= 4 is 27.8 Å². The van der Waals surface area contributed by atoms with Crippen LogP contribution >= 0.6 is 11.8 Å². The van der Waals surface area contributed by atoms with Gasteiger partial charge in [0.2, 0.25) is 10.0 Å². The topological polar surface area (TPSA) is 72.5 Å². The number of sulfonamides is 1. The third-order valence-electron chi connectivity index (χ3n) is 3.47. The van der Waals surface area contributed by atoms with Crippen LogP contribution in [0.4, 0.5) is 8.78 Å². The summed E-state index contributed by atoms with van der Waals surface area (Å²) in [6.07, 6.45) is 0. The maximum atomic E-state index is 13.4. The first-order valence-corrected chi connectivity index (χ1v) is 10.7. The van der Waals surface area contributed by atoms with Crippen LogP contribution in [0.3, 0.4) is 0 Å². The Labute approximate surface area is 161 Å². The number of carbonyl (C=O) groups excluding carboxylic acids is 1. The molecule has 0 saturated carbocycles. The molecule has 0 aliphatic rings. The molecule has 0 radical (unpaired) electrons. The predicted octanol–water partition coefficient (Wildman–Crippen LogP) is 3.11. The van der Waals surface area contributed by atoms with E-state index in [1.165, 1.54) is 11.8 Å². The van der Waals surface area contributed by atoms with Crippen LogP contribution in [0.1, 0.15) is 12.5 Å². The second-order valence-electron chi connectivity index (χ2n) is 5.50. The predicted molar refractivity (Wildman–Crippen MR) is 99.7 cm³/mol. The van der Waals surface area contributed by atoms with E-state index in [-0.39, 0.29) is 12.4 Å². The van der Waals surface area contributed by atoms with Crippen molar-refractivity contribution in [2.75, 3.05) is 12.4 Å². The fraction of sp³-hybridized carbons (Fsp3) is 0.278. The minimum atomic E-state index is -4.23. The Balaban J connectivity index is 2.10. The normalized spacial score (nSPS) is 12.6. The molecule has 2 aromatic rings. The van der Waals surface area contributed by atoms with Crippen molar-refractivity contribution in [1.82, 2.24) is 4.72 Å². The number of carbonyl (C=O) groups is 1. The number of hydrogen-bond donors (Lipinski definition) is 1. The molecule has 2 aromatic carbocycles. The maximum absolute atomic E-state index is 13.4. The van der Waals surface area contributed by atoms with Gasteiger partial charge in [-0.15, -0.1) is 0 Å². The molecule has 5 nitrogen and oxygen atoms in total. The first-order chi connectivity index (χ1) is 12.8. The third kappa shape index (κ3) is 6.30. The van der Waals surface area contributed by atoms with Gasteiger partial charge in [-0.3, -0.25) is 4.79 Å². The number of halogens is 2. The number of hydrogen-bond acceptors (Lipinski definition) is 5. The fourth-order valence-corrected chi connectivity index (χ4v) is 4.46. The minimum Gasteiger partial charge on any atom is -0.465 e. The zero-order chi connectivity index (χ0) is 19.9. The summed E-state index contributed by atoms with van der Waals surface area (Å²) in [5.41, 5.74) is 1.02. The van der Waals surface area contributed by atoms with Gasteiger partial charge in [0.05, 0.1) is 11.5 Å². The summed E-state index contributed by atoms with van der Waals surface area (Å²) in [6.45, 7) is 1.70. The molecular formula is C18H19F2NO4S2. The highest BCUT2D eigenvalue weighted by molar-refractivity contribution is 7.98. The van der Waals surface area contributed by atoms with Crippen LogP contribution < -0.4 is 4.72 Å². The van der Waals surface area contributed by atoms with E-state index < -0.39 is 38.6 Å². The van der Waals surface area contributed by atoms with Crippen LogP contribution in [0.25, 0.3) is 0 Å². The Morgan fingerprint density at radius 3 is 2.48 bits per heavy atom. The highest BCUT2D eigenvalue weighted by Crippen LogP contribution is 2.17. The van der Waals surface area contributed by atoms with E-state index >= 15 is 0 Å². The molecule has 2 rings (SSSR count). The number of ether oxygens (including phenoxy) is 1. The average molecular weight is 415 g/mol. The van der Waals surface area contributed by atoms with E-state index in [0.717, 1.165) is 11.6 Å². The average Bonchev–Trinajstić information content (AvgIpc) is 2.64. The Morgan fingerprint density at radius 1 is 1.15 bits per heavy atom. The number of thioether (sulfide) groups is 1. The van der Waals surface area contributed by atoms with E-state index in [2.05, 4.69) is 4.72 Å². The number of esters is 1. The number of benzene rings is 2. The maximum Gasteiger partial charge on any atom is 0.325 e. The van der Waals surface area contributed by atoms with Crippen molar-refractivity contribution in [3.63, 3.8) is 0 Å². The lowest BCUT2D eigenvalue weighted by Gasteiger charge is -2.17. The van der Waals surface area contributed by atoms with Gasteiger partial charge in [0, 0.05) is 11.5 Å². The Morgan fingerprint density at radius 2 is 1.85 bits per heavy atom. The van der Waals surface area contributed by atoms with Crippen molar-refractivity contribution in [2.24, 2.45) is 0 Å².